The zero-order valence-corrected chi connectivity index (χ0v) is 13.7. The molecule has 0 saturated carbocycles. The van der Waals surface area contributed by atoms with Gasteiger partial charge in [-0.15, -0.1) is 0 Å². The summed E-state index contributed by atoms with van der Waals surface area (Å²) in [6.45, 7) is 9.83. The molecule has 1 aromatic heterocycles. The van der Waals surface area contributed by atoms with E-state index in [0.29, 0.717) is 17.9 Å². The van der Waals surface area contributed by atoms with Crippen molar-refractivity contribution in [1.29, 1.82) is 0 Å². The van der Waals surface area contributed by atoms with Crippen molar-refractivity contribution in [2.75, 3.05) is 6.61 Å². The van der Waals surface area contributed by atoms with Crippen molar-refractivity contribution in [1.82, 2.24) is 15.6 Å². The van der Waals surface area contributed by atoms with Crippen LogP contribution in [0.25, 0.3) is 0 Å². The molecule has 1 aliphatic heterocycles. The molecule has 0 radical (unpaired) electrons. The lowest BCUT2D eigenvalue weighted by Gasteiger charge is -2.26. The van der Waals surface area contributed by atoms with E-state index in [9.17, 15) is 9.59 Å². The van der Waals surface area contributed by atoms with Crippen molar-refractivity contribution in [3.8, 4) is 0 Å². The Balaban J connectivity index is 2.24. The van der Waals surface area contributed by atoms with Crippen LogP contribution in [0, 0.1) is 12.8 Å². The Hall–Kier alpha value is -1.95. The van der Waals surface area contributed by atoms with Gasteiger partial charge in [0.25, 0.3) is 0 Å². The van der Waals surface area contributed by atoms with Crippen molar-refractivity contribution >= 4 is 11.9 Å². The largest absolute Gasteiger partial charge is 0.462 e. The van der Waals surface area contributed by atoms with Crippen LogP contribution in [0.2, 0.25) is 0 Å². The van der Waals surface area contributed by atoms with Crippen LogP contribution in [-0.2, 0) is 9.53 Å². The first kappa shape index (κ1) is 16.4. The van der Waals surface area contributed by atoms with Crippen molar-refractivity contribution in [3.63, 3.8) is 0 Å². The number of aryl methyl sites for hydroxylation is 1. The van der Waals surface area contributed by atoms with Crippen LogP contribution in [0.3, 0.4) is 0 Å². The average molecular weight is 305 g/mol. The normalized spacial score (nSPS) is 24.5. The van der Waals surface area contributed by atoms with Gasteiger partial charge < -0.3 is 10.1 Å². The smallest absolute Gasteiger partial charge is 0.339 e. The molecule has 0 aromatic carbocycles. The molecular formula is C16H23N3O3. The highest BCUT2D eigenvalue weighted by Gasteiger charge is 2.45. The van der Waals surface area contributed by atoms with E-state index in [2.05, 4.69) is 15.6 Å². The second kappa shape index (κ2) is 6.04. The van der Waals surface area contributed by atoms with Gasteiger partial charge in [-0.3, -0.25) is 15.1 Å². The van der Waals surface area contributed by atoms with Crippen LogP contribution < -0.4 is 10.6 Å². The summed E-state index contributed by atoms with van der Waals surface area (Å²) in [4.78, 5) is 28.3. The summed E-state index contributed by atoms with van der Waals surface area (Å²) < 4.78 is 4.97. The van der Waals surface area contributed by atoms with Gasteiger partial charge in [0.1, 0.15) is 6.17 Å². The second-order valence-corrected chi connectivity index (χ2v) is 6.05. The maximum Gasteiger partial charge on any atom is 0.339 e. The Morgan fingerprint density at radius 1 is 1.50 bits per heavy atom. The Kier molecular flexibility index (Phi) is 4.51. The average Bonchev–Trinajstić information content (AvgIpc) is 2.76. The molecular weight excluding hydrogens is 282 g/mol. The Labute approximate surface area is 130 Å². The predicted octanol–water partition coefficient (Wildman–Crippen LogP) is 1.70. The number of hydrogen-bond donors (Lipinski definition) is 2. The second-order valence-electron chi connectivity index (χ2n) is 6.05. The molecule has 2 atom stereocenters. The first-order valence-electron chi connectivity index (χ1n) is 7.52. The van der Waals surface area contributed by atoms with Gasteiger partial charge in [0, 0.05) is 6.20 Å². The standard InChI is InChI=1S/C16H23N3O3/c1-6-22-14(20)11-7-10(4)12(17-8-11)13-18-15(21)16(5,19-13)9(2)3/h7-9,13,19H,6H2,1-5H3,(H,18,21)/t13-,16-/m1/s1. The number of aromatic nitrogens is 1. The zero-order valence-electron chi connectivity index (χ0n) is 13.7. The number of carbonyl (C=O) groups is 2. The number of nitrogens with one attached hydrogen (secondary N) is 2. The fourth-order valence-corrected chi connectivity index (χ4v) is 2.46. The molecule has 0 aliphatic carbocycles. The molecule has 120 valence electrons. The molecule has 1 amide bonds. The van der Waals surface area contributed by atoms with E-state index in [-0.39, 0.29) is 24.0 Å². The van der Waals surface area contributed by atoms with Crippen LogP contribution >= 0.6 is 0 Å². The first-order chi connectivity index (χ1) is 10.3. The van der Waals surface area contributed by atoms with Crippen molar-refractivity contribution in [3.05, 3.63) is 29.1 Å². The van der Waals surface area contributed by atoms with Gasteiger partial charge in [-0.25, -0.2) is 4.79 Å². The number of hydrogen-bond acceptors (Lipinski definition) is 5. The highest BCUT2D eigenvalue weighted by Crippen LogP contribution is 2.28. The molecule has 6 heteroatoms. The summed E-state index contributed by atoms with van der Waals surface area (Å²) >= 11 is 0. The number of rotatable bonds is 4. The molecule has 1 fully saturated rings. The summed E-state index contributed by atoms with van der Waals surface area (Å²) in [6.07, 6.45) is 1.13. The quantitative estimate of drug-likeness (QED) is 0.828. The van der Waals surface area contributed by atoms with Crippen molar-refractivity contribution < 1.29 is 14.3 Å². The molecule has 2 heterocycles. The molecule has 6 nitrogen and oxygen atoms in total. The van der Waals surface area contributed by atoms with Gasteiger partial charge in [0.05, 0.1) is 23.4 Å². The topological polar surface area (TPSA) is 80.3 Å². The van der Waals surface area contributed by atoms with Gasteiger partial charge >= 0.3 is 5.97 Å². The minimum Gasteiger partial charge on any atom is -0.462 e. The third-order valence-electron chi connectivity index (χ3n) is 4.25. The van der Waals surface area contributed by atoms with Gasteiger partial charge in [-0.2, -0.15) is 0 Å². The Morgan fingerprint density at radius 3 is 2.68 bits per heavy atom. The van der Waals surface area contributed by atoms with E-state index in [4.69, 9.17) is 4.74 Å². The molecule has 1 aliphatic rings. The van der Waals surface area contributed by atoms with Crippen LogP contribution in [0.15, 0.2) is 12.3 Å². The van der Waals surface area contributed by atoms with E-state index >= 15 is 0 Å². The van der Waals surface area contributed by atoms with Gasteiger partial charge in [0.15, 0.2) is 0 Å². The van der Waals surface area contributed by atoms with Gasteiger partial charge in [-0.1, -0.05) is 13.8 Å². The molecule has 22 heavy (non-hydrogen) atoms. The molecule has 1 aromatic rings. The van der Waals surface area contributed by atoms with Gasteiger partial charge in [-0.05, 0) is 38.3 Å². The summed E-state index contributed by atoms with van der Waals surface area (Å²) in [5.41, 5.74) is 1.33. The highest BCUT2D eigenvalue weighted by atomic mass is 16.5. The summed E-state index contributed by atoms with van der Waals surface area (Å²) in [5.74, 6) is -0.278. The SMILES string of the molecule is CCOC(=O)c1cnc([C@@H]2NC(=O)[C@@](C)(C(C)C)N2)c(C)c1. The molecule has 0 bridgehead atoms. The monoisotopic (exact) mass is 305 g/mol. The van der Waals surface area contributed by atoms with Crippen LogP contribution in [-0.4, -0.2) is 29.0 Å². The fourth-order valence-electron chi connectivity index (χ4n) is 2.46. The Morgan fingerprint density at radius 2 is 2.18 bits per heavy atom. The summed E-state index contributed by atoms with van der Waals surface area (Å²) in [6, 6.07) is 1.74. The van der Waals surface area contributed by atoms with E-state index < -0.39 is 5.54 Å². The Bertz CT molecular complexity index is 600. The minimum absolute atomic E-state index is 0.0387. The van der Waals surface area contributed by atoms with Gasteiger partial charge in [0.2, 0.25) is 5.91 Å². The van der Waals surface area contributed by atoms with Crippen molar-refractivity contribution in [2.45, 2.75) is 46.3 Å². The van der Waals surface area contributed by atoms with Crippen LogP contribution in [0.5, 0.6) is 0 Å². The van der Waals surface area contributed by atoms with E-state index in [0.717, 1.165) is 5.56 Å². The van der Waals surface area contributed by atoms with Crippen LogP contribution in [0.1, 0.15) is 55.5 Å². The molecule has 2 rings (SSSR count). The maximum atomic E-state index is 12.2. The molecule has 2 N–H and O–H groups in total. The van der Waals surface area contributed by atoms with Crippen LogP contribution in [0.4, 0.5) is 0 Å². The number of esters is 1. The molecule has 0 spiro atoms. The summed E-state index contributed by atoms with van der Waals surface area (Å²) in [7, 11) is 0. The lowest BCUT2D eigenvalue weighted by molar-refractivity contribution is -0.125. The first-order valence-corrected chi connectivity index (χ1v) is 7.52. The minimum atomic E-state index is -0.626. The summed E-state index contributed by atoms with van der Waals surface area (Å²) in [5, 5.41) is 6.24. The number of amides is 1. The van der Waals surface area contributed by atoms with E-state index in [1.807, 2.05) is 27.7 Å². The number of nitrogens with zero attached hydrogens (tertiary/aromatic N) is 1. The van der Waals surface area contributed by atoms with Crippen molar-refractivity contribution in [2.24, 2.45) is 5.92 Å². The number of ether oxygens (including phenoxy) is 1. The fraction of sp³-hybridized carbons (Fsp3) is 0.562. The molecule has 1 saturated heterocycles. The predicted molar refractivity (Wildman–Crippen MR) is 82.2 cm³/mol. The zero-order chi connectivity index (χ0) is 16.5. The lowest BCUT2D eigenvalue weighted by Crippen LogP contribution is -2.48. The molecule has 0 unspecified atom stereocenters. The lowest BCUT2D eigenvalue weighted by atomic mass is 9.89. The van der Waals surface area contributed by atoms with E-state index in [1.165, 1.54) is 6.20 Å². The maximum absolute atomic E-state index is 12.2. The van der Waals surface area contributed by atoms with E-state index in [1.54, 1.807) is 13.0 Å². The highest BCUT2D eigenvalue weighted by molar-refractivity contribution is 5.90. The number of pyridine rings is 1. The third-order valence-corrected chi connectivity index (χ3v) is 4.25. The third kappa shape index (κ3) is 2.83. The number of carbonyl (C=O) groups excluding carboxylic acids is 2.